The van der Waals surface area contributed by atoms with E-state index in [-0.39, 0.29) is 49.6 Å². The summed E-state index contributed by atoms with van der Waals surface area (Å²) >= 11 is 0. The number of ether oxygens (including phenoxy) is 1. The summed E-state index contributed by atoms with van der Waals surface area (Å²) < 4.78 is 33.3. The van der Waals surface area contributed by atoms with Gasteiger partial charge in [-0.15, -0.1) is 0 Å². The van der Waals surface area contributed by atoms with E-state index in [1.807, 2.05) is 4.90 Å². The molecule has 1 saturated carbocycles. The van der Waals surface area contributed by atoms with Crippen LogP contribution in [0.2, 0.25) is 0 Å². The third kappa shape index (κ3) is 8.37. The van der Waals surface area contributed by atoms with Crippen LogP contribution in [0.15, 0.2) is 36.4 Å². The van der Waals surface area contributed by atoms with Crippen LogP contribution in [0.1, 0.15) is 49.7 Å². The second-order valence-electron chi connectivity index (χ2n) is 10.2. The van der Waals surface area contributed by atoms with Crippen LogP contribution in [0.25, 0.3) is 0 Å². The van der Waals surface area contributed by atoms with Crippen molar-refractivity contribution in [1.82, 2.24) is 15.5 Å². The molecule has 39 heavy (non-hydrogen) atoms. The Labute approximate surface area is 228 Å². The minimum Gasteiger partial charge on any atom is -0.506 e. The number of phenols is 1. The summed E-state index contributed by atoms with van der Waals surface area (Å²) in [5.41, 5.74) is 1.75. The SMILES string of the molecule is O=C1COc2c(CCNCCN(C(=O)CCNC(F)Cc3cccc(F)c3)C3CCCCC3)ccc(O)c2N1. The number of nitrogens with one attached hydrogen (secondary N) is 3. The number of rotatable bonds is 13. The van der Waals surface area contributed by atoms with E-state index in [0.717, 1.165) is 31.2 Å². The summed E-state index contributed by atoms with van der Waals surface area (Å²) in [6.45, 7) is 1.93. The number of fused-ring (bicyclic) bond motifs is 1. The Morgan fingerprint density at radius 2 is 1.97 bits per heavy atom. The molecule has 2 aromatic carbocycles. The fraction of sp³-hybridized carbons (Fsp3) is 0.517. The van der Waals surface area contributed by atoms with Gasteiger partial charge in [0.1, 0.15) is 17.3 Å². The van der Waals surface area contributed by atoms with Gasteiger partial charge in [0.15, 0.2) is 18.7 Å². The zero-order chi connectivity index (χ0) is 27.6. The van der Waals surface area contributed by atoms with Gasteiger partial charge in [0.05, 0.1) is 0 Å². The largest absolute Gasteiger partial charge is 0.506 e. The molecule has 10 heteroatoms. The lowest BCUT2D eigenvalue weighted by molar-refractivity contribution is -0.134. The number of aromatic hydroxyl groups is 1. The van der Waals surface area contributed by atoms with Crippen LogP contribution < -0.4 is 20.7 Å². The summed E-state index contributed by atoms with van der Waals surface area (Å²) in [5, 5.41) is 18.8. The van der Waals surface area contributed by atoms with Crippen molar-refractivity contribution in [3.63, 3.8) is 0 Å². The summed E-state index contributed by atoms with van der Waals surface area (Å²) in [6.07, 6.45) is 4.86. The van der Waals surface area contributed by atoms with E-state index < -0.39 is 12.1 Å². The van der Waals surface area contributed by atoms with E-state index in [1.165, 1.54) is 18.6 Å². The van der Waals surface area contributed by atoms with E-state index in [0.29, 0.717) is 43.1 Å². The molecule has 1 aliphatic carbocycles. The molecule has 8 nitrogen and oxygen atoms in total. The fourth-order valence-corrected chi connectivity index (χ4v) is 5.28. The van der Waals surface area contributed by atoms with Gasteiger partial charge in [-0.05, 0) is 55.1 Å². The first kappa shape index (κ1) is 28.8. The maximum atomic E-state index is 14.4. The van der Waals surface area contributed by atoms with E-state index >= 15 is 0 Å². The lowest BCUT2D eigenvalue weighted by atomic mass is 9.94. The minimum absolute atomic E-state index is 0.00546. The van der Waals surface area contributed by atoms with Gasteiger partial charge in [-0.25, -0.2) is 8.78 Å². The molecule has 1 heterocycles. The summed E-state index contributed by atoms with van der Waals surface area (Å²) in [5.74, 6) is -0.225. The normalized spacial score (nSPS) is 16.2. The highest BCUT2D eigenvalue weighted by atomic mass is 19.1. The van der Waals surface area contributed by atoms with Crippen molar-refractivity contribution in [1.29, 1.82) is 0 Å². The number of alkyl halides is 1. The Balaban J connectivity index is 1.23. The van der Waals surface area contributed by atoms with Gasteiger partial charge in [0.25, 0.3) is 5.91 Å². The number of carbonyl (C=O) groups is 2. The van der Waals surface area contributed by atoms with Crippen molar-refractivity contribution < 1.29 is 28.2 Å². The predicted octanol–water partition coefficient (Wildman–Crippen LogP) is 3.67. The van der Waals surface area contributed by atoms with Gasteiger partial charge in [0.2, 0.25) is 5.91 Å². The highest BCUT2D eigenvalue weighted by Crippen LogP contribution is 2.39. The highest BCUT2D eigenvalue weighted by molar-refractivity contribution is 5.97. The van der Waals surface area contributed by atoms with Crippen LogP contribution in [0, 0.1) is 5.82 Å². The molecular formula is C29H38F2N4O4. The van der Waals surface area contributed by atoms with Crippen LogP contribution in [0.5, 0.6) is 11.5 Å². The van der Waals surface area contributed by atoms with Crippen LogP contribution in [0.3, 0.4) is 0 Å². The molecule has 1 atom stereocenters. The lowest BCUT2D eigenvalue weighted by Gasteiger charge is -2.35. The number of amides is 2. The summed E-state index contributed by atoms with van der Waals surface area (Å²) in [6, 6.07) is 9.41. The molecule has 1 unspecified atom stereocenters. The number of anilines is 1. The van der Waals surface area contributed by atoms with Crippen molar-refractivity contribution >= 4 is 17.5 Å². The maximum Gasteiger partial charge on any atom is 0.262 e. The molecule has 1 fully saturated rings. The molecule has 0 radical (unpaired) electrons. The monoisotopic (exact) mass is 544 g/mol. The quantitative estimate of drug-likeness (QED) is 0.174. The molecule has 0 aromatic heterocycles. The van der Waals surface area contributed by atoms with Crippen LogP contribution in [-0.2, 0) is 22.4 Å². The number of phenolic OH excluding ortho intramolecular Hbond substituents is 1. The Hall–Kier alpha value is -3.24. The third-order valence-corrected chi connectivity index (χ3v) is 7.27. The van der Waals surface area contributed by atoms with Gasteiger partial charge in [0, 0.05) is 38.5 Å². The number of hydrogen-bond donors (Lipinski definition) is 4. The Morgan fingerprint density at radius 3 is 2.77 bits per heavy atom. The molecule has 1 aliphatic heterocycles. The first-order valence-corrected chi connectivity index (χ1v) is 13.8. The third-order valence-electron chi connectivity index (χ3n) is 7.27. The van der Waals surface area contributed by atoms with Gasteiger partial charge in [-0.3, -0.25) is 14.9 Å². The molecule has 4 rings (SSSR count). The smallest absolute Gasteiger partial charge is 0.262 e. The van der Waals surface area contributed by atoms with E-state index in [4.69, 9.17) is 4.74 Å². The summed E-state index contributed by atoms with van der Waals surface area (Å²) in [4.78, 5) is 26.7. The van der Waals surface area contributed by atoms with E-state index in [2.05, 4.69) is 16.0 Å². The fourth-order valence-electron chi connectivity index (χ4n) is 5.28. The predicted molar refractivity (Wildman–Crippen MR) is 145 cm³/mol. The molecule has 4 N–H and O–H groups in total. The molecule has 2 amide bonds. The van der Waals surface area contributed by atoms with Crippen LogP contribution in [-0.4, -0.2) is 66.9 Å². The molecule has 2 aliphatic rings. The maximum absolute atomic E-state index is 14.4. The number of halogens is 2. The number of carbonyl (C=O) groups excluding carboxylic acids is 2. The van der Waals surface area contributed by atoms with Crippen molar-refractivity contribution in [2.24, 2.45) is 0 Å². The van der Waals surface area contributed by atoms with Crippen molar-refractivity contribution in [2.45, 2.75) is 63.7 Å². The van der Waals surface area contributed by atoms with Gasteiger partial charge in [-0.1, -0.05) is 37.5 Å². The second kappa shape index (κ2) is 14.2. The first-order valence-electron chi connectivity index (χ1n) is 13.8. The number of hydrogen-bond acceptors (Lipinski definition) is 6. The molecular weight excluding hydrogens is 506 g/mol. The Bertz CT molecular complexity index is 1130. The molecule has 2 aromatic rings. The topological polar surface area (TPSA) is 103 Å². The van der Waals surface area contributed by atoms with Crippen molar-refractivity contribution in [3.8, 4) is 11.5 Å². The van der Waals surface area contributed by atoms with E-state index in [1.54, 1.807) is 24.3 Å². The molecule has 0 saturated heterocycles. The molecule has 0 bridgehead atoms. The summed E-state index contributed by atoms with van der Waals surface area (Å²) in [7, 11) is 0. The minimum atomic E-state index is -1.35. The zero-order valence-corrected chi connectivity index (χ0v) is 22.2. The van der Waals surface area contributed by atoms with Gasteiger partial charge < -0.3 is 25.4 Å². The molecule has 0 spiro atoms. The van der Waals surface area contributed by atoms with Crippen molar-refractivity contribution in [2.75, 3.05) is 38.1 Å². The highest BCUT2D eigenvalue weighted by Gasteiger charge is 2.25. The average Bonchev–Trinajstić information content (AvgIpc) is 2.92. The lowest BCUT2D eigenvalue weighted by Crippen LogP contribution is -2.46. The molecule has 212 valence electrons. The standard InChI is InChI=1S/C29H38F2N4O4/c30-22-6-4-5-20(17-22)18-25(31)33-14-12-27(38)35(23-7-2-1-3-8-23)16-15-32-13-11-21-9-10-24(36)28-29(21)39-19-26(37)34-28/h4-6,9-10,17,23,25,32-33,36H,1-3,7-8,11-16,18-19H2,(H,34,37). The van der Waals surface area contributed by atoms with E-state index in [9.17, 15) is 23.5 Å². The Morgan fingerprint density at radius 1 is 1.15 bits per heavy atom. The van der Waals surface area contributed by atoms with Crippen LogP contribution in [0.4, 0.5) is 14.5 Å². The first-order chi connectivity index (χ1) is 18.9. The van der Waals surface area contributed by atoms with Crippen molar-refractivity contribution in [3.05, 3.63) is 53.3 Å². The Kier molecular flexibility index (Phi) is 10.5. The van der Waals surface area contributed by atoms with Gasteiger partial charge >= 0.3 is 0 Å². The average molecular weight is 545 g/mol. The second-order valence-corrected chi connectivity index (χ2v) is 10.2. The van der Waals surface area contributed by atoms with Gasteiger partial charge in [-0.2, -0.15) is 0 Å². The van der Waals surface area contributed by atoms with Crippen LogP contribution >= 0.6 is 0 Å². The number of nitrogens with zero attached hydrogens (tertiary/aromatic N) is 1. The zero-order valence-electron chi connectivity index (χ0n) is 22.2. The number of benzene rings is 2.